The van der Waals surface area contributed by atoms with Gasteiger partial charge in [-0.05, 0) is 74.7 Å². The van der Waals surface area contributed by atoms with Gasteiger partial charge in [-0.1, -0.05) is 36.5 Å². The zero-order valence-electron chi connectivity index (χ0n) is 22.6. The lowest BCUT2D eigenvalue weighted by atomic mass is 9.86. The van der Waals surface area contributed by atoms with Crippen molar-refractivity contribution in [2.24, 2.45) is 5.92 Å². The minimum absolute atomic E-state index is 0.0119. The van der Waals surface area contributed by atoms with Gasteiger partial charge in [-0.2, -0.15) is 0 Å². The molecule has 4 atom stereocenters. The Bertz CT molecular complexity index is 1410. The molecule has 40 heavy (non-hydrogen) atoms. The monoisotopic (exact) mass is 559 g/mol. The fourth-order valence-corrected chi connectivity index (χ4v) is 7.53. The fraction of sp³-hybridized carbons (Fsp3) is 0.367. The normalized spacial score (nSPS) is 25.4. The molecule has 3 N–H and O–H groups in total. The van der Waals surface area contributed by atoms with E-state index in [1.54, 1.807) is 4.90 Å². The van der Waals surface area contributed by atoms with Crippen molar-refractivity contribution in [3.63, 3.8) is 0 Å². The molecule has 0 aliphatic carbocycles. The van der Waals surface area contributed by atoms with Gasteiger partial charge in [0.05, 0.1) is 16.3 Å². The first-order valence-corrected chi connectivity index (χ1v) is 14.5. The van der Waals surface area contributed by atoms with E-state index in [-0.39, 0.29) is 41.2 Å². The van der Waals surface area contributed by atoms with Crippen LogP contribution >= 0.6 is 11.8 Å². The molecule has 2 aromatic rings. The molecular weight excluding hydrogens is 526 g/mol. The summed E-state index contributed by atoms with van der Waals surface area (Å²) in [6.07, 6.45) is 2.76. The third-order valence-electron chi connectivity index (χ3n) is 8.30. The van der Waals surface area contributed by atoms with Crippen molar-refractivity contribution in [2.45, 2.75) is 44.1 Å². The van der Waals surface area contributed by atoms with E-state index < -0.39 is 0 Å². The fourth-order valence-electron chi connectivity index (χ4n) is 6.13. The summed E-state index contributed by atoms with van der Waals surface area (Å²) in [5, 5.41) is 9.71. The quantitative estimate of drug-likeness (QED) is 0.466. The van der Waals surface area contributed by atoms with Gasteiger partial charge in [-0.15, -0.1) is 0 Å². The minimum atomic E-state index is -0.229. The summed E-state index contributed by atoms with van der Waals surface area (Å²) in [7, 11) is 0. The van der Waals surface area contributed by atoms with Crippen LogP contribution in [0.15, 0.2) is 65.7 Å². The molecule has 0 spiro atoms. The number of ether oxygens (including phenoxy) is 1. The van der Waals surface area contributed by atoms with Crippen molar-refractivity contribution >= 4 is 35.3 Å². The van der Waals surface area contributed by atoms with Crippen LogP contribution in [-0.4, -0.2) is 59.8 Å². The molecule has 4 amide bonds. The second kappa shape index (κ2) is 10.7. The molecule has 4 heterocycles. The zero-order valence-corrected chi connectivity index (χ0v) is 23.4. The molecule has 0 radical (unpaired) electrons. The Kier molecular flexibility index (Phi) is 7.06. The average Bonchev–Trinajstić information content (AvgIpc) is 3.58. The van der Waals surface area contributed by atoms with Gasteiger partial charge in [-0.3, -0.25) is 14.5 Å². The molecule has 4 aliphatic heterocycles. The van der Waals surface area contributed by atoms with Crippen LogP contribution in [0.3, 0.4) is 0 Å². The number of benzene rings is 2. The Balaban J connectivity index is 1.24. The lowest BCUT2D eigenvalue weighted by Gasteiger charge is -2.46. The molecule has 0 bridgehead atoms. The number of hydrogen-bond donors (Lipinski definition) is 3. The lowest BCUT2D eigenvalue weighted by molar-refractivity contribution is -0.125. The van der Waals surface area contributed by atoms with Gasteiger partial charge in [0.15, 0.2) is 0 Å². The number of carbonyl (C=O) groups is 3. The van der Waals surface area contributed by atoms with Crippen LogP contribution in [0.25, 0.3) is 0 Å². The number of rotatable bonds is 6. The van der Waals surface area contributed by atoms with Gasteiger partial charge in [-0.25, -0.2) is 4.79 Å². The molecule has 3 fully saturated rings. The number of para-hydroxylation sites is 1. The first-order chi connectivity index (χ1) is 19.4. The lowest BCUT2D eigenvalue weighted by Crippen LogP contribution is -2.62. The van der Waals surface area contributed by atoms with E-state index in [1.807, 2.05) is 61.2 Å². The SMILES string of the molecule is C=CC(=O)N1CC[C@@H](NC(=O)C2=C3NC(=O)N(c4ccc(Oc5ccccc5)c(C)c4C)C4CCNC(S2)C34)C1. The number of nitrogens with zero attached hydrogens (tertiary/aromatic N) is 2. The van der Waals surface area contributed by atoms with Gasteiger partial charge < -0.3 is 25.6 Å². The van der Waals surface area contributed by atoms with E-state index in [0.29, 0.717) is 30.1 Å². The maximum atomic E-state index is 13.7. The Morgan fingerprint density at radius 2 is 1.93 bits per heavy atom. The highest BCUT2D eigenvalue weighted by Gasteiger charge is 2.52. The third kappa shape index (κ3) is 4.65. The highest BCUT2D eigenvalue weighted by atomic mass is 32.2. The Morgan fingerprint density at radius 1 is 1.12 bits per heavy atom. The summed E-state index contributed by atoms with van der Waals surface area (Å²) in [6, 6.07) is 13.1. The van der Waals surface area contributed by atoms with Crippen LogP contribution < -0.4 is 25.6 Å². The van der Waals surface area contributed by atoms with Gasteiger partial charge in [0, 0.05) is 36.4 Å². The van der Waals surface area contributed by atoms with Crippen molar-refractivity contribution in [3.8, 4) is 11.5 Å². The molecule has 0 saturated carbocycles. The van der Waals surface area contributed by atoms with Crippen LogP contribution in [0, 0.1) is 19.8 Å². The number of nitrogens with one attached hydrogen (secondary N) is 3. The first kappa shape index (κ1) is 26.5. The van der Waals surface area contributed by atoms with Crippen molar-refractivity contribution < 1.29 is 19.1 Å². The number of thioether (sulfide) groups is 1. The molecule has 2 aromatic carbocycles. The van der Waals surface area contributed by atoms with Crippen molar-refractivity contribution in [3.05, 3.63) is 76.8 Å². The second-order valence-electron chi connectivity index (χ2n) is 10.6. The molecule has 3 unspecified atom stereocenters. The smallest absolute Gasteiger partial charge is 0.326 e. The Hall–Kier alpha value is -3.76. The number of urea groups is 1. The largest absolute Gasteiger partial charge is 0.457 e. The van der Waals surface area contributed by atoms with Gasteiger partial charge >= 0.3 is 6.03 Å². The molecule has 6 rings (SSSR count). The van der Waals surface area contributed by atoms with E-state index in [4.69, 9.17) is 4.74 Å². The van der Waals surface area contributed by atoms with Gasteiger partial charge in [0.1, 0.15) is 11.5 Å². The highest BCUT2D eigenvalue weighted by Crippen LogP contribution is 2.48. The minimum Gasteiger partial charge on any atom is -0.457 e. The number of hydrogen-bond acceptors (Lipinski definition) is 6. The van der Waals surface area contributed by atoms with E-state index in [9.17, 15) is 14.4 Å². The van der Waals surface area contributed by atoms with Crippen LogP contribution in [0.2, 0.25) is 0 Å². The topological polar surface area (TPSA) is 103 Å². The van der Waals surface area contributed by atoms with Crippen LogP contribution in [0.1, 0.15) is 24.0 Å². The maximum absolute atomic E-state index is 13.7. The molecule has 9 nitrogen and oxygen atoms in total. The van der Waals surface area contributed by atoms with Crippen molar-refractivity contribution in [2.75, 3.05) is 24.5 Å². The van der Waals surface area contributed by atoms with E-state index in [0.717, 1.165) is 41.3 Å². The Morgan fingerprint density at radius 3 is 2.70 bits per heavy atom. The maximum Gasteiger partial charge on any atom is 0.326 e. The standard InChI is InChI=1S/C30H33N5O4S/c1-4-24(36)34-15-13-19(16-34)32-28(37)27-26-25-22(12-14-31-29(25)40-27)35(30(38)33-26)21-10-11-23(18(3)17(21)2)39-20-8-6-5-7-9-20/h4-11,19,22,25,29,31H,1,12-16H2,2-3H3,(H,32,37)(H,33,38)/t19-,22?,25?,29?/m1/s1. The van der Waals surface area contributed by atoms with Crippen LogP contribution in [-0.2, 0) is 9.59 Å². The third-order valence-corrected chi connectivity index (χ3v) is 9.65. The van der Waals surface area contributed by atoms with E-state index in [1.165, 1.54) is 17.8 Å². The molecular formula is C30H33N5O4S. The summed E-state index contributed by atoms with van der Waals surface area (Å²) in [4.78, 5) is 43.2. The van der Waals surface area contributed by atoms with Crippen LogP contribution in [0.4, 0.5) is 10.5 Å². The zero-order chi connectivity index (χ0) is 28.0. The average molecular weight is 560 g/mol. The van der Waals surface area contributed by atoms with Crippen molar-refractivity contribution in [1.29, 1.82) is 0 Å². The summed E-state index contributed by atoms with van der Waals surface area (Å²) in [5.74, 6) is 1.15. The molecule has 10 heteroatoms. The number of amides is 4. The number of anilines is 1. The molecule has 4 aliphatic rings. The molecule has 3 saturated heterocycles. The van der Waals surface area contributed by atoms with E-state index in [2.05, 4.69) is 22.5 Å². The first-order valence-electron chi connectivity index (χ1n) is 13.7. The number of carbonyl (C=O) groups excluding carboxylic acids is 3. The summed E-state index contributed by atoms with van der Waals surface area (Å²) in [6.45, 7) is 9.37. The highest BCUT2D eigenvalue weighted by molar-refractivity contribution is 8.04. The van der Waals surface area contributed by atoms with Crippen LogP contribution in [0.5, 0.6) is 11.5 Å². The van der Waals surface area contributed by atoms with E-state index >= 15 is 0 Å². The Labute approximate surface area is 238 Å². The number of piperidine rings is 1. The van der Waals surface area contributed by atoms with Gasteiger partial charge in [0.25, 0.3) is 5.91 Å². The second-order valence-corrected chi connectivity index (χ2v) is 11.8. The number of likely N-dealkylation sites (tertiary alicyclic amines) is 1. The summed E-state index contributed by atoms with van der Waals surface area (Å²) < 4.78 is 6.12. The predicted octanol–water partition coefficient (Wildman–Crippen LogP) is 3.79. The summed E-state index contributed by atoms with van der Waals surface area (Å²) >= 11 is 1.48. The van der Waals surface area contributed by atoms with Crippen molar-refractivity contribution in [1.82, 2.24) is 20.9 Å². The predicted molar refractivity (Wildman–Crippen MR) is 155 cm³/mol. The summed E-state index contributed by atoms with van der Waals surface area (Å²) in [5.41, 5.74) is 3.50. The molecule has 0 aromatic heterocycles. The molecule has 208 valence electrons. The van der Waals surface area contributed by atoms with Gasteiger partial charge in [0.2, 0.25) is 5.91 Å².